The van der Waals surface area contributed by atoms with E-state index >= 15 is 0 Å². The van der Waals surface area contributed by atoms with Crippen LogP contribution in [0, 0.1) is 17.3 Å². The van der Waals surface area contributed by atoms with Crippen molar-refractivity contribution in [3.63, 3.8) is 0 Å². The van der Waals surface area contributed by atoms with E-state index in [0.29, 0.717) is 6.61 Å². The van der Waals surface area contributed by atoms with Crippen LogP contribution in [0.1, 0.15) is 38.8 Å². The third kappa shape index (κ3) is 8.62. The Kier molecular flexibility index (Phi) is 8.17. The van der Waals surface area contributed by atoms with E-state index in [0.717, 1.165) is 25.4 Å². The molecule has 2 nitrogen and oxygen atoms in total. The van der Waals surface area contributed by atoms with E-state index < -0.39 is 0 Å². The molecule has 0 saturated carbocycles. The summed E-state index contributed by atoms with van der Waals surface area (Å²) in [6.07, 6.45) is 4.10. The van der Waals surface area contributed by atoms with Crippen LogP contribution >= 0.6 is 0 Å². The molecule has 0 fully saturated rings. The van der Waals surface area contributed by atoms with Gasteiger partial charge in [-0.05, 0) is 56.7 Å². The Bertz CT molecular complexity index is 775. The number of likely N-dealkylation sites (N-methyl/N-ethyl adjacent to an activating group) is 1. The van der Waals surface area contributed by atoms with Gasteiger partial charge in [0, 0.05) is 18.5 Å². The van der Waals surface area contributed by atoms with Crippen LogP contribution < -0.4 is 4.74 Å². The summed E-state index contributed by atoms with van der Waals surface area (Å²) >= 11 is 0. The minimum Gasteiger partial charge on any atom is -0.489 e. The van der Waals surface area contributed by atoms with Crippen molar-refractivity contribution >= 4 is 0 Å². The molecular formula is C25H31NO. The largest absolute Gasteiger partial charge is 0.489 e. The maximum absolute atomic E-state index is 5.94. The smallest absolute Gasteiger partial charge is 0.120 e. The average molecular weight is 362 g/mol. The molecule has 0 bridgehead atoms. The van der Waals surface area contributed by atoms with Crippen molar-refractivity contribution in [2.45, 2.75) is 40.8 Å². The Morgan fingerprint density at radius 1 is 1.00 bits per heavy atom. The first-order chi connectivity index (χ1) is 13.0. The van der Waals surface area contributed by atoms with Crippen LogP contribution in [0.5, 0.6) is 5.75 Å². The Labute approximate surface area is 164 Å². The van der Waals surface area contributed by atoms with Crippen LogP contribution in [-0.4, -0.2) is 18.0 Å². The molecular weight excluding hydrogens is 330 g/mol. The highest BCUT2D eigenvalue weighted by molar-refractivity contribution is 5.29. The monoisotopic (exact) mass is 361 g/mol. The number of ether oxygens (including phenoxy) is 1. The third-order valence-corrected chi connectivity index (χ3v) is 4.01. The molecule has 0 spiro atoms. The molecule has 0 N–H and O–H groups in total. The minimum atomic E-state index is 0.0506. The fraction of sp³-hybridized carbons (Fsp3) is 0.360. The van der Waals surface area contributed by atoms with Gasteiger partial charge in [-0.1, -0.05) is 67.3 Å². The van der Waals surface area contributed by atoms with Gasteiger partial charge in [0.2, 0.25) is 0 Å². The topological polar surface area (TPSA) is 12.5 Å². The van der Waals surface area contributed by atoms with Crippen molar-refractivity contribution in [1.82, 2.24) is 4.90 Å². The van der Waals surface area contributed by atoms with Crippen LogP contribution in [0.3, 0.4) is 0 Å². The highest BCUT2D eigenvalue weighted by atomic mass is 16.5. The normalized spacial score (nSPS) is 11.4. The standard InChI is InChI=1S/C25H31NO/c1-5-26(18-11-7-10-17-25(2,3)4)20-23-15-12-16-24(19-23)27-21-22-13-8-6-9-14-22/h6-9,11-16,19H,5,18,20-21H2,1-4H3/b11-7+. The van der Waals surface area contributed by atoms with E-state index in [9.17, 15) is 0 Å². The number of hydrogen-bond donors (Lipinski definition) is 0. The van der Waals surface area contributed by atoms with Gasteiger partial charge in [-0.15, -0.1) is 0 Å². The first-order valence-corrected chi connectivity index (χ1v) is 9.62. The lowest BCUT2D eigenvalue weighted by atomic mass is 9.98. The van der Waals surface area contributed by atoms with Crippen LogP contribution in [0.15, 0.2) is 66.7 Å². The molecule has 0 radical (unpaired) electrons. The first kappa shape index (κ1) is 20.8. The average Bonchev–Trinajstić information content (AvgIpc) is 2.65. The lowest BCUT2D eigenvalue weighted by Gasteiger charge is -2.19. The van der Waals surface area contributed by atoms with Gasteiger partial charge in [-0.3, -0.25) is 4.90 Å². The van der Waals surface area contributed by atoms with Crippen LogP contribution in [0.4, 0.5) is 0 Å². The molecule has 0 amide bonds. The van der Waals surface area contributed by atoms with Crippen LogP contribution in [0.25, 0.3) is 0 Å². The molecule has 0 unspecified atom stereocenters. The minimum absolute atomic E-state index is 0.0506. The predicted molar refractivity (Wildman–Crippen MR) is 115 cm³/mol. The van der Waals surface area contributed by atoms with Crippen LogP contribution in [-0.2, 0) is 13.2 Å². The highest BCUT2D eigenvalue weighted by Crippen LogP contribution is 2.16. The van der Waals surface area contributed by atoms with E-state index in [4.69, 9.17) is 4.74 Å². The third-order valence-electron chi connectivity index (χ3n) is 4.01. The second-order valence-electron chi connectivity index (χ2n) is 7.67. The summed E-state index contributed by atoms with van der Waals surface area (Å²) in [5.41, 5.74) is 2.49. The fourth-order valence-corrected chi connectivity index (χ4v) is 2.56. The molecule has 2 aromatic rings. The summed E-state index contributed by atoms with van der Waals surface area (Å²) in [6, 6.07) is 18.6. The summed E-state index contributed by atoms with van der Waals surface area (Å²) in [7, 11) is 0. The zero-order chi connectivity index (χ0) is 19.5. The zero-order valence-corrected chi connectivity index (χ0v) is 17.0. The molecule has 0 heterocycles. The molecule has 2 rings (SSSR count). The molecule has 0 aromatic heterocycles. The van der Waals surface area contributed by atoms with Crippen molar-refractivity contribution in [3.8, 4) is 17.6 Å². The molecule has 27 heavy (non-hydrogen) atoms. The van der Waals surface area contributed by atoms with Crippen molar-refractivity contribution in [2.75, 3.05) is 13.1 Å². The number of allylic oxidation sites excluding steroid dienone is 1. The van der Waals surface area contributed by atoms with E-state index in [1.54, 1.807) is 0 Å². The quantitative estimate of drug-likeness (QED) is 0.560. The lowest BCUT2D eigenvalue weighted by Crippen LogP contribution is -2.22. The SMILES string of the molecule is CCN(C/C=C/C#CC(C)(C)C)Cc1cccc(OCc2ccccc2)c1. The zero-order valence-electron chi connectivity index (χ0n) is 17.0. The number of hydrogen-bond acceptors (Lipinski definition) is 2. The summed E-state index contributed by atoms with van der Waals surface area (Å²) in [4.78, 5) is 2.38. The number of nitrogens with zero attached hydrogens (tertiary/aromatic N) is 1. The van der Waals surface area contributed by atoms with Gasteiger partial charge in [0.25, 0.3) is 0 Å². The Morgan fingerprint density at radius 3 is 2.44 bits per heavy atom. The summed E-state index contributed by atoms with van der Waals surface area (Å²) in [5, 5.41) is 0. The predicted octanol–water partition coefficient (Wildman–Crippen LogP) is 5.69. The molecule has 0 saturated heterocycles. The van der Waals surface area contributed by atoms with Gasteiger partial charge < -0.3 is 4.74 Å². The highest BCUT2D eigenvalue weighted by Gasteiger charge is 2.04. The summed E-state index contributed by atoms with van der Waals surface area (Å²) in [6.45, 7) is 11.9. The second-order valence-corrected chi connectivity index (χ2v) is 7.67. The van der Waals surface area contributed by atoms with Crippen molar-refractivity contribution in [2.24, 2.45) is 5.41 Å². The van der Waals surface area contributed by atoms with Gasteiger partial charge in [-0.25, -0.2) is 0 Å². The summed E-state index contributed by atoms with van der Waals surface area (Å²) in [5.74, 6) is 7.28. The molecule has 142 valence electrons. The van der Waals surface area contributed by atoms with Gasteiger partial charge in [-0.2, -0.15) is 0 Å². The molecule has 0 aliphatic rings. The number of rotatable bonds is 8. The summed E-state index contributed by atoms with van der Waals surface area (Å²) < 4.78 is 5.94. The second kappa shape index (κ2) is 10.6. The van der Waals surface area contributed by atoms with Gasteiger partial charge in [0.1, 0.15) is 12.4 Å². The van der Waals surface area contributed by atoms with Crippen LogP contribution in [0.2, 0.25) is 0 Å². The fourth-order valence-electron chi connectivity index (χ4n) is 2.56. The Balaban J connectivity index is 1.89. The van der Waals surface area contributed by atoms with E-state index in [-0.39, 0.29) is 5.41 Å². The maximum atomic E-state index is 5.94. The van der Waals surface area contributed by atoms with Crippen molar-refractivity contribution in [3.05, 3.63) is 77.9 Å². The van der Waals surface area contributed by atoms with Gasteiger partial charge >= 0.3 is 0 Å². The lowest BCUT2D eigenvalue weighted by molar-refractivity contribution is 0.299. The molecule has 0 atom stereocenters. The van der Waals surface area contributed by atoms with E-state index in [1.807, 2.05) is 30.3 Å². The maximum Gasteiger partial charge on any atom is 0.120 e. The van der Waals surface area contributed by atoms with E-state index in [2.05, 4.69) is 80.8 Å². The molecule has 0 aliphatic carbocycles. The Hall–Kier alpha value is -2.50. The first-order valence-electron chi connectivity index (χ1n) is 9.62. The Morgan fingerprint density at radius 2 is 1.74 bits per heavy atom. The van der Waals surface area contributed by atoms with E-state index in [1.165, 1.54) is 11.1 Å². The molecule has 2 heteroatoms. The van der Waals surface area contributed by atoms with Crippen molar-refractivity contribution in [1.29, 1.82) is 0 Å². The van der Waals surface area contributed by atoms with Crippen molar-refractivity contribution < 1.29 is 4.74 Å². The van der Waals surface area contributed by atoms with Gasteiger partial charge in [0.15, 0.2) is 0 Å². The number of benzene rings is 2. The molecule has 2 aromatic carbocycles. The van der Waals surface area contributed by atoms with Gasteiger partial charge in [0.05, 0.1) is 0 Å². The molecule has 0 aliphatic heterocycles.